The van der Waals surface area contributed by atoms with Gasteiger partial charge in [-0.15, -0.1) is 0 Å². The Hall–Kier alpha value is -0.830. The van der Waals surface area contributed by atoms with Crippen LogP contribution < -0.4 is 5.32 Å². The Morgan fingerprint density at radius 1 is 1.26 bits per heavy atom. The Labute approximate surface area is 118 Å². The van der Waals surface area contributed by atoms with Crippen molar-refractivity contribution in [3.05, 3.63) is 17.5 Å². The number of hydrogen-bond donors (Lipinski definition) is 1. The maximum Gasteiger partial charge on any atom is 0.0625 e. The average molecular weight is 265 g/mol. The third-order valence-electron chi connectivity index (χ3n) is 3.86. The Balaban J connectivity index is 2.90. The van der Waals surface area contributed by atoms with Crippen molar-refractivity contribution >= 4 is 0 Å². The van der Waals surface area contributed by atoms with Gasteiger partial charge in [-0.3, -0.25) is 4.68 Å². The van der Waals surface area contributed by atoms with E-state index in [1.54, 1.807) is 0 Å². The molecule has 2 unspecified atom stereocenters. The zero-order chi connectivity index (χ0) is 14.3. The first kappa shape index (κ1) is 16.2. The van der Waals surface area contributed by atoms with Gasteiger partial charge in [0.1, 0.15) is 0 Å². The summed E-state index contributed by atoms with van der Waals surface area (Å²) >= 11 is 0. The summed E-state index contributed by atoms with van der Waals surface area (Å²) in [5, 5.41) is 8.39. The minimum atomic E-state index is 0.447. The predicted molar refractivity (Wildman–Crippen MR) is 82.4 cm³/mol. The van der Waals surface area contributed by atoms with E-state index < -0.39 is 0 Å². The molecule has 0 radical (unpaired) electrons. The Bertz CT molecular complexity index is 357. The number of nitrogens with zero attached hydrogens (tertiary/aromatic N) is 2. The molecule has 1 aromatic heterocycles. The van der Waals surface area contributed by atoms with Crippen molar-refractivity contribution in [2.24, 2.45) is 5.92 Å². The van der Waals surface area contributed by atoms with Gasteiger partial charge in [-0.05, 0) is 44.7 Å². The van der Waals surface area contributed by atoms with Gasteiger partial charge in [-0.1, -0.05) is 34.1 Å². The summed E-state index contributed by atoms with van der Waals surface area (Å²) in [7, 11) is 0. The van der Waals surface area contributed by atoms with E-state index in [9.17, 15) is 0 Å². The highest BCUT2D eigenvalue weighted by Crippen LogP contribution is 2.24. The van der Waals surface area contributed by atoms with E-state index in [2.05, 4.69) is 55.8 Å². The van der Waals surface area contributed by atoms with Crippen LogP contribution in [0.4, 0.5) is 0 Å². The third kappa shape index (κ3) is 4.64. The number of nitrogens with one attached hydrogen (secondary N) is 1. The standard InChI is InChI=1S/C16H31N3/c1-6-10-17-15(11-13(5)7-2)16-12-14(8-3)18-19(16)9-4/h12-13,15,17H,6-11H2,1-5H3. The van der Waals surface area contributed by atoms with Crippen LogP contribution in [0, 0.1) is 5.92 Å². The third-order valence-corrected chi connectivity index (χ3v) is 3.86. The van der Waals surface area contributed by atoms with Gasteiger partial charge in [0.25, 0.3) is 0 Å². The zero-order valence-corrected chi connectivity index (χ0v) is 13.4. The van der Waals surface area contributed by atoms with Crippen LogP contribution >= 0.6 is 0 Å². The smallest absolute Gasteiger partial charge is 0.0625 e. The first-order valence-electron chi connectivity index (χ1n) is 7.96. The second-order valence-electron chi connectivity index (χ2n) is 5.49. The molecule has 1 rings (SSSR count). The lowest BCUT2D eigenvalue weighted by atomic mass is 9.97. The monoisotopic (exact) mass is 265 g/mol. The van der Waals surface area contributed by atoms with E-state index in [0.717, 1.165) is 25.4 Å². The van der Waals surface area contributed by atoms with E-state index in [4.69, 9.17) is 0 Å². The zero-order valence-electron chi connectivity index (χ0n) is 13.4. The molecule has 3 nitrogen and oxygen atoms in total. The fraction of sp³-hybridized carbons (Fsp3) is 0.812. The molecule has 1 N–H and O–H groups in total. The number of aromatic nitrogens is 2. The molecule has 0 aromatic carbocycles. The quantitative estimate of drug-likeness (QED) is 0.733. The van der Waals surface area contributed by atoms with Gasteiger partial charge in [-0.2, -0.15) is 5.10 Å². The van der Waals surface area contributed by atoms with Gasteiger partial charge < -0.3 is 5.32 Å². The van der Waals surface area contributed by atoms with Crippen LogP contribution in [0.2, 0.25) is 0 Å². The maximum absolute atomic E-state index is 4.69. The molecule has 2 atom stereocenters. The largest absolute Gasteiger partial charge is 0.309 e. The fourth-order valence-corrected chi connectivity index (χ4v) is 2.39. The van der Waals surface area contributed by atoms with Gasteiger partial charge in [0.2, 0.25) is 0 Å². The van der Waals surface area contributed by atoms with Crippen molar-refractivity contribution < 1.29 is 0 Å². The van der Waals surface area contributed by atoms with E-state index in [1.807, 2.05) is 0 Å². The van der Waals surface area contributed by atoms with E-state index in [1.165, 1.54) is 30.7 Å². The molecule has 0 aliphatic rings. The molecular weight excluding hydrogens is 234 g/mol. The summed E-state index contributed by atoms with van der Waals surface area (Å²) in [6, 6.07) is 2.74. The number of hydrogen-bond acceptors (Lipinski definition) is 2. The molecular formula is C16H31N3. The van der Waals surface area contributed by atoms with Crippen LogP contribution in [0.25, 0.3) is 0 Å². The predicted octanol–water partition coefficient (Wildman–Crippen LogP) is 3.94. The molecule has 1 aromatic rings. The van der Waals surface area contributed by atoms with Crippen LogP contribution in [0.1, 0.15) is 71.3 Å². The van der Waals surface area contributed by atoms with Crippen molar-refractivity contribution in [1.29, 1.82) is 0 Å². The van der Waals surface area contributed by atoms with E-state index in [-0.39, 0.29) is 0 Å². The second-order valence-corrected chi connectivity index (χ2v) is 5.49. The SMILES string of the molecule is CCCNC(CC(C)CC)c1cc(CC)nn1CC. The molecule has 19 heavy (non-hydrogen) atoms. The first-order valence-corrected chi connectivity index (χ1v) is 7.96. The lowest BCUT2D eigenvalue weighted by Gasteiger charge is -2.22. The number of rotatable bonds is 9. The topological polar surface area (TPSA) is 29.9 Å². The van der Waals surface area contributed by atoms with Crippen molar-refractivity contribution in [2.75, 3.05) is 6.54 Å². The normalized spacial score (nSPS) is 14.6. The van der Waals surface area contributed by atoms with E-state index >= 15 is 0 Å². The van der Waals surface area contributed by atoms with Crippen molar-refractivity contribution in [3.8, 4) is 0 Å². The fourth-order valence-electron chi connectivity index (χ4n) is 2.39. The second kappa shape index (κ2) is 8.36. The molecule has 0 spiro atoms. The minimum Gasteiger partial charge on any atom is -0.309 e. The van der Waals surface area contributed by atoms with E-state index in [0.29, 0.717) is 6.04 Å². The Morgan fingerprint density at radius 3 is 2.53 bits per heavy atom. The van der Waals surface area contributed by atoms with Gasteiger partial charge in [0.05, 0.1) is 11.4 Å². The molecule has 1 heterocycles. The summed E-state index contributed by atoms with van der Waals surface area (Å²) in [6.07, 6.45) is 4.64. The highest BCUT2D eigenvalue weighted by atomic mass is 15.3. The van der Waals surface area contributed by atoms with Crippen LogP contribution in [-0.4, -0.2) is 16.3 Å². The lowest BCUT2D eigenvalue weighted by Crippen LogP contribution is -2.26. The number of aryl methyl sites for hydroxylation is 2. The molecule has 110 valence electrons. The van der Waals surface area contributed by atoms with Crippen LogP contribution in [0.3, 0.4) is 0 Å². The summed E-state index contributed by atoms with van der Waals surface area (Å²) in [6.45, 7) is 13.2. The summed E-state index contributed by atoms with van der Waals surface area (Å²) < 4.78 is 2.18. The van der Waals surface area contributed by atoms with Crippen molar-refractivity contribution in [3.63, 3.8) is 0 Å². The molecule has 0 aliphatic carbocycles. The van der Waals surface area contributed by atoms with Gasteiger partial charge in [-0.25, -0.2) is 0 Å². The van der Waals surface area contributed by atoms with Crippen LogP contribution in [-0.2, 0) is 13.0 Å². The molecule has 3 heteroatoms. The molecule has 0 saturated carbocycles. The summed E-state index contributed by atoms with van der Waals surface area (Å²) in [5.74, 6) is 0.750. The molecule has 0 bridgehead atoms. The van der Waals surface area contributed by atoms with Crippen molar-refractivity contribution in [1.82, 2.24) is 15.1 Å². The summed E-state index contributed by atoms with van der Waals surface area (Å²) in [5.41, 5.74) is 2.58. The average Bonchev–Trinajstić information content (AvgIpc) is 2.86. The Morgan fingerprint density at radius 2 is 2.00 bits per heavy atom. The molecule has 0 aliphatic heterocycles. The minimum absolute atomic E-state index is 0.447. The molecule has 0 amide bonds. The van der Waals surface area contributed by atoms with Gasteiger partial charge in [0, 0.05) is 12.6 Å². The van der Waals surface area contributed by atoms with Gasteiger partial charge in [0.15, 0.2) is 0 Å². The highest BCUT2D eigenvalue weighted by molar-refractivity contribution is 5.15. The highest BCUT2D eigenvalue weighted by Gasteiger charge is 2.18. The Kier molecular flexibility index (Phi) is 7.14. The molecule has 0 saturated heterocycles. The maximum atomic E-state index is 4.69. The van der Waals surface area contributed by atoms with Gasteiger partial charge >= 0.3 is 0 Å². The molecule has 0 fully saturated rings. The van der Waals surface area contributed by atoms with Crippen LogP contribution in [0.5, 0.6) is 0 Å². The summed E-state index contributed by atoms with van der Waals surface area (Å²) in [4.78, 5) is 0. The lowest BCUT2D eigenvalue weighted by molar-refractivity contribution is 0.382. The van der Waals surface area contributed by atoms with Crippen LogP contribution in [0.15, 0.2) is 6.07 Å². The van der Waals surface area contributed by atoms with Crippen molar-refractivity contribution in [2.45, 2.75) is 72.9 Å². The first-order chi connectivity index (χ1) is 9.15.